The van der Waals surface area contributed by atoms with Crippen LogP contribution in [0, 0.1) is 0 Å². The number of methoxy groups -OCH3 is 3. The number of alkyl halides is 1. The first-order chi connectivity index (χ1) is 13.5. The Labute approximate surface area is 169 Å². The van der Waals surface area contributed by atoms with E-state index < -0.39 is 5.50 Å². The fourth-order valence-electron chi connectivity index (χ4n) is 3.10. The summed E-state index contributed by atoms with van der Waals surface area (Å²) in [5.41, 5.74) is 1.79. The lowest BCUT2D eigenvalue weighted by molar-refractivity contribution is 0.103. The molecule has 1 aromatic heterocycles. The van der Waals surface area contributed by atoms with Crippen molar-refractivity contribution in [3.8, 4) is 17.2 Å². The molecule has 0 N–H and O–H groups in total. The van der Waals surface area contributed by atoms with Gasteiger partial charge >= 0.3 is 0 Å². The summed E-state index contributed by atoms with van der Waals surface area (Å²) in [4.78, 5) is 12.9. The van der Waals surface area contributed by atoms with Crippen LogP contribution in [0.4, 0.5) is 0 Å². The monoisotopic (exact) mass is 399 g/mol. The molecule has 0 amide bonds. The number of ketones is 1. The Morgan fingerprint density at radius 1 is 1.00 bits per heavy atom. The minimum absolute atomic E-state index is 0.141. The van der Waals surface area contributed by atoms with E-state index in [1.165, 1.54) is 0 Å². The van der Waals surface area contributed by atoms with E-state index in [-0.39, 0.29) is 5.78 Å². The van der Waals surface area contributed by atoms with E-state index in [2.05, 4.69) is 0 Å². The highest BCUT2D eigenvalue weighted by molar-refractivity contribution is 6.20. The van der Waals surface area contributed by atoms with E-state index in [0.29, 0.717) is 17.2 Å². The summed E-state index contributed by atoms with van der Waals surface area (Å²) in [6.45, 7) is 1.82. The molecule has 1 atom stereocenters. The van der Waals surface area contributed by atoms with Gasteiger partial charge in [0, 0.05) is 11.5 Å². The highest BCUT2D eigenvalue weighted by Crippen LogP contribution is 2.36. The van der Waals surface area contributed by atoms with Gasteiger partial charge in [0.2, 0.25) is 5.78 Å². The summed E-state index contributed by atoms with van der Waals surface area (Å²) >= 11 is 6.39. The maximum atomic E-state index is 12.9. The van der Waals surface area contributed by atoms with Gasteiger partial charge in [-0.15, -0.1) is 0 Å². The van der Waals surface area contributed by atoms with Crippen LogP contribution >= 0.6 is 11.6 Å². The number of carbonyl (C=O) groups is 1. The highest BCUT2D eigenvalue weighted by Gasteiger charge is 2.19. The zero-order chi connectivity index (χ0) is 20.3. The lowest BCUT2D eigenvalue weighted by Crippen LogP contribution is -2.08. The lowest BCUT2D eigenvalue weighted by atomic mass is 10.1. The van der Waals surface area contributed by atoms with Crippen LogP contribution in [0.25, 0.3) is 17.0 Å². The first-order valence-electron chi connectivity index (χ1n) is 8.76. The molecular weight excluding hydrogens is 378 g/mol. The molecule has 146 valence electrons. The van der Waals surface area contributed by atoms with Crippen LogP contribution in [0.1, 0.15) is 28.5 Å². The van der Waals surface area contributed by atoms with E-state index in [4.69, 9.17) is 25.8 Å². The van der Waals surface area contributed by atoms with Crippen molar-refractivity contribution in [2.75, 3.05) is 21.3 Å². The van der Waals surface area contributed by atoms with Crippen LogP contribution in [0.2, 0.25) is 0 Å². The molecule has 0 aliphatic heterocycles. The number of rotatable bonds is 7. The number of aromatic nitrogens is 1. The maximum Gasteiger partial charge on any atom is 0.202 e. The van der Waals surface area contributed by atoms with Crippen molar-refractivity contribution < 1.29 is 19.0 Å². The van der Waals surface area contributed by atoms with Gasteiger partial charge in [-0.05, 0) is 42.8 Å². The summed E-state index contributed by atoms with van der Waals surface area (Å²) in [5.74, 6) is 1.81. The summed E-state index contributed by atoms with van der Waals surface area (Å²) in [6.07, 6.45) is 3.31. The Bertz CT molecular complexity index is 1020. The van der Waals surface area contributed by atoms with Gasteiger partial charge in [0.1, 0.15) is 11.3 Å². The third-order valence-corrected chi connectivity index (χ3v) is 4.69. The van der Waals surface area contributed by atoms with Crippen molar-refractivity contribution in [2.45, 2.75) is 12.4 Å². The van der Waals surface area contributed by atoms with Crippen molar-refractivity contribution in [1.29, 1.82) is 0 Å². The number of halogens is 1. The van der Waals surface area contributed by atoms with Gasteiger partial charge < -0.3 is 18.8 Å². The summed E-state index contributed by atoms with van der Waals surface area (Å²) in [5, 5.41) is 0.853. The quantitative estimate of drug-likeness (QED) is 0.306. The van der Waals surface area contributed by atoms with Crippen LogP contribution in [-0.4, -0.2) is 31.7 Å². The smallest absolute Gasteiger partial charge is 0.202 e. The van der Waals surface area contributed by atoms with E-state index >= 15 is 0 Å². The number of fused-ring (bicyclic) bond motifs is 1. The first-order valence-corrected chi connectivity index (χ1v) is 9.19. The molecule has 0 radical (unpaired) electrons. The maximum absolute atomic E-state index is 12.9. The Hall–Kier alpha value is -2.92. The van der Waals surface area contributed by atoms with E-state index in [9.17, 15) is 4.79 Å². The number of allylic oxidation sites excluding steroid dienone is 1. The Morgan fingerprint density at radius 3 is 2.21 bits per heavy atom. The van der Waals surface area contributed by atoms with Crippen molar-refractivity contribution >= 4 is 34.4 Å². The van der Waals surface area contributed by atoms with Gasteiger partial charge in [0.05, 0.1) is 32.5 Å². The van der Waals surface area contributed by atoms with Gasteiger partial charge in [-0.2, -0.15) is 0 Å². The average Bonchev–Trinajstić information content (AvgIpc) is 3.09. The van der Waals surface area contributed by atoms with Gasteiger partial charge in [-0.3, -0.25) is 4.79 Å². The van der Waals surface area contributed by atoms with Gasteiger partial charge in [-0.25, -0.2) is 0 Å². The van der Waals surface area contributed by atoms with E-state index in [1.807, 2.05) is 49.4 Å². The fraction of sp³-hybridized carbons (Fsp3) is 0.227. The first kappa shape index (κ1) is 19.8. The van der Waals surface area contributed by atoms with Crippen molar-refractivity contribution in [1.82, 2.24) is 4.57 Å². The van der Waals surface area contributed by atoms with Crippen molar-refractivity contribution in [2.24, 2.45) is 0 Å². The zero-order valence-electron chi connectivity index (χ0n) is 16.2. The van der Waals surface area contributed by atoms with Crippen LogP contribution in [0.5, 0.6) is 17.2 Å². The third kappa shape index (κ3) is 3.85. The largest absolute Gasteiger partial charge is 0.497 e. The van der Waals surface area contributed by atoms with Crippen molar-refractivity contribution in [3.05, 3.63) is 59.8 Å². The standard InChI is InChI=1S/C22H22ClNO4/c1-14(23)24-18-13-22(28-4)21(27-3)12-16(18)11-19(24)20(25)10-7-15-5-8-17(26-2)9-6-15/h5-14H,1-4H3. The fourth-order valence-corrected chi connectivity index (χ4v) is 3.31. The summed E-state index contributed by atoms with van der Waals surface area (Å²) < 4.78 is 17.7. The van der Waals surface area contributed by atoms with Gasteiger partial charge in [-0.1, -0.05) is 29.8 Å². The van der Waals surface area contributed by atoms with Crippen LogP contribution < -0.4 is 14.2 Å². The summed E-state index contributed by atoms with van der Waals surface area (Å²) in [7, 11) is 4.77. The predicted octanol–water partition coefficient (Wildman–Crippen LogP) is 5.32. The molecule has 0 saturated heterocycles. The topological polar surface area (TPSA) is 49.7 Å². The molecule has 0 saturated carbocycles. The van der Waals surface area contributed by atoms with Gasteiger partial charge in [0.25, 0.3) is 0 Å². The van der Waals surface area contributed by atoms with Crippen LogP contribution in [0.3, 0.4) is 0 Å². The SMILES string of the molecule is COc1ccc(C=CC(=O)c2cc3cc(OC)c(OC)cc3n2C(C)Cl)cc1. The predicted molar refractivity (Wildman–Crippen MR) is 112 cm³/mol. The summed E-state index contributed by atoms with van der Waals surface area (Å²) in [6, 6.07) is 13.0. The molecular formula is C22H22ClNO4. The molecule has 0 aliphatic rings. The molecule has 0 spiro atoms. The molecule has 1 unspecified atom stereocenters. The molecule has 3 rings (SSSR count). The number of benzene rings is 2. The molecule has 3 aromatic rings. The normalized spacial score (nSPS) is 12.3. The Morgan fingerprint density at radius 2 is 1.64 bits per heavy atom. The third-order valence-electron chi connectivity index (χ3n) is 4.50. The Kier molecular flexibility index (Phi) is 5.95. The number of hydrogen-bond donors (Lipinski definition) is 0. The highest BCUT2D eigenvalue weighted by atomic mass is 35.5. The number of hydrogen-bond acceptors (Lipinski definition) is 4. The lowest BCUT2D eigenvalue weighted by Gasteiger charge is -2.13. The molecule has 0 fully saturated rings. The zero-order valence-corrected chi connectivity index (χ0v) is 17.0. The average molecular weight is 400 g/mol. The minimum atomic E-state index is -0.413. The van der Waals surface area contributed by atoms with E-state index in [1.54, 1.807) is 38.0 Å². The molecule has 6 heteroatoms. The van der Waals surface area contributed by atoms with Crippen LogP contribution in [-0.2, 0) is 0 Å². The second-order valence-electron chi connectivity index (χ2n) is 6.21. The molecule has 5 nitrogen and oxygen atoms in total. The molecule has 1 heterocycles. The van der Waals surface area contributed by atoms with Gasteiger partial charge in [0.15, 0.2) is 11.5 Å². The second kappa shape index (κ2) is 8.40. The van der Waals surface area contributed by atoms with E-state index in [0.717, 1.165) is 22.2 Å². The number of carbonyl (C=O) groups excluding carboxylic acids is 1. The molecule has 28 heavy (non-hydrogen) atoms. The number of nitrogens with zero attached hydrogens (tertiary/aromatic N) is 1. The number of ether oxygens (including phenoxy) is 3. The molecule has 0 bridgehead atoms. The Balaban J connectivity index is 2.01. The second-order valence-corrected chi connectivity index (χ2v) is 6.84. The van der Waals surface area contributed by atoms with Crippen LogP contribution in [0.15, 0.2) is 48.5 Å². The molecule has 2 aromatic carbocycles. The minimum Gasteiger partial charge on any atom is -0.497 e. The molecule has 0 aliphatic carbocycles. The van der Waals surface area contributed by atoms with Crippen molar-refractivity contribution in [3.63, 3.8) is 0 Å².